The zero-order valence-electron chi connectivity index (χ0n) is 15.4. The van der Waals surface area contributed by atoms with Gasteiger partial charge in [-0.15, -0.1) is 6.58 Å². The molecule has 1 fully saturated rings. The zero-order valence-corrected chi connectivity index (χ0v) is 15.4. The molecule has 0 radical (unpaired) electrons. The number of benzene rings is 1. The summed E-state index contributed by atoms with van der Waals surface area (Å²) in [4.78, 5) is 6.81. The highest BCUT2D eigenvalue weighted by Crippen LogP contribution is 2.10. The molecule has 0 aromatic heterocycles. The first-order valence-electron chi connectivity index (χ1n) is 8.98. The molecule has 2 N–H and O–H groups in total. The summed E-state index contributed by atoms with van der Waals surface area (Å²) in [6.45, 7) is 12.3. The first kappa shape index (κ1) is 18.5. The van der Waals surface area contributed by atoms with E-state index in [0.29, 0.717) is 6.04 Å². The predicted octanol–water partition coefficient (Wildman–Crippen LogP) is 2.66. The third-order valence-corrected chi connectivity index (χ3v) is 4.53. The molecule has 1 heterocycles. The van der Waals surface area contributed by atoms with Crippen molar-refractivity contribution >= 4 is 5.96 Å². The summed E-state index contributed by atoms with van der Waals surface area (Å²) < 4.78 is 0. The third kappa shape index (κ3) is 6.00. The molecule has 1 saturated heterocycles. The van der Waals surface area contributed by atoms with E-state index in [9.17, 15) is 0 Å². The second kappa shape index (κ2) is 9.48. The average molecular weight is 329 g/mol. The van der Waals surface area contributed by atoms with Crippen LogP contribution in [0.5, 0.6) is 0 Å². The van der Waals surface area contributed by atoms with E-state index in [1.54, 1.807) is 0 Å². The summed E-state index contributed by atoms with van der Waals surface area (Å²) in [6.07, 6.45) is 5.32. The number of rotatable bonds is 6. The van der Waals surface area contributed by atoms with Crippen LogP contribution in [0.15, 0.2) is 35.8 Å². The van der Waals surface area contributed by atoms with Crippen molar-refractivity contribution in [3.8, 4) is 0 Å². The van der Waals surface area contributed by atoms with E-state index < -0.39 is 0 Å². The number of piperidine rings is 1. The van der Waals surface area contributed by atoms with Gasteiger partial charge in [0.25, 0.3) is 0 Å². The van der Waals surface area contributed by atoms with Gasteiger partial charge in [-0.25, -0.2) is 0 Å². The van der Waals surface area contributed by atoms with Gasteiger partial charge in [-0.1, -0.05) is 35.4 Å². The van der Waals surface area contributed by atoms with Gasteiger partial charge < -0.3 is 10.6 Å². The Labute approximate surface area is 147 Å². The Balaban J connectivity index is 1.74. The Morgan fingerprint density at radius 2 is 1.92 bits per heavy atom. The lowest BCUT2D eigenvalue weighted by Crippen LogP contribution is -2.49. The van der Waals surface area contributed by atoms with Crippen LogP contribution in [0.2, 0.25) is 0 Å². The summed E-state index contributed by atoms with van der Waals surface area (Å²) in [7, 11) is 1.85. The quantitative estimate of drug-likeness (QED) is 0.479. The van der Waals surface area contributed by atoms with Crippen molar-refractivity contribution in [3.63, 3.8) is 0 Å². The minimum Gasteiger partial charge on any atom is -0.356 e. The molecule has 0 bridgehead atoms. The lowest BCUT2D eigenvalue weighted by atomic mass is 10.0. The first-order chi connectivity index (χ1) is 11.6. The smallest absolute Gasteiger partial charge is 0.191 e. The van der Waals surface area contributed by atoms with E-state index in [2.05, 4.69) is 59.2 Å². The number of likely N-dealkylation sites (tertiary alicyclic amines) is 1. The van der Waals surface area contributed by atoms with Crippen LogP contribution in [0.4, 0.5) is 0 Å². The maximum atomic E-state index is 4.37. The van der Waals surface area contributed by atoms with Crippen molar-refractivity contribution in [2.24, 2.45) is 4.99 Å². The highest BCUT2D eigenvalue weighted by Gasteiger charge is 2.18. The van der Waals surface area contributed by atoms with Crippen molar-refractivity contribution in [2.45, 2.75) is 39.2 Å². The van der Waals surface area contributed by atoms with E-state index in [1.807, 2.05) is 13.1 Å². The second-order valence-electron chi connectivity index (χ2n) is 6.75. The maximum absolute atomic E-state index is 4.37. The van der Waals surface area contributed by atoms with Gasteiger partial charge in [0, 0.05) is 39.3 Å². The van der Waals surface area contributed by atoms with Crippen LogP contribution >= 0.6 is 0 Å². The monoisotopic (exact) mass is 328 g/mol. The van der Waals surface area contributed by atoms with Crippen molar-refractivity contribution in [1.82, 2.24) is 15.5 Å². The minimum absolute atomic E-state index is 0.512. The summed E-state index contributed by atoms with van der Waals surface area (Å²) >= 11 is 0. The van der Waals surface area contributed by atoms with E-state index in [4.69, 9.17) is 0 Å². The Hall–Kier alpha value is -1.81. The fraction of sp³-hybridized carbons (Fsp3) is 0.550. The maximum Gasteiger partial charge on any atom is 0.191 e. The number of aliphatic imine (C=N–C) groups is 1. The molecule has 1 aliphatic rings. The van der Waals surface area contributed by atoms with Gasteiger partial charge in [-0.3, -0.25) is 9.89 Å². The van der Waals surface area contributed by atoms with Gasteiger partial charge in [0.15, 0.2) is 5.96 Å². The van der Waals surface area contributed by atoms with Gasteiger partial charge in [0.2, 0.25) is 0 Å². The van der Waals surface area contributed by atoms with Crippen LogP contribution in [0.3, 0.4) is 0 Å². The molecule has 0 saturated carbocycles. The van der Waals surface area contributed by atoms with Crippen molar-refractivity contribution in [1.29, 1.82) is 0 Å². The SMILES string of the molecule is C=CCN1CCC(NC(=NC)NCCc2cc(C)cc(C)c2)CC1. The Morgan fingerprint density at radius 3 is 2.50 bits per heavy atom. The number of guanidine groups is 1. The summed E-state index contributed by atoms with van der Waals surface area (Å²) in [5.74, 6) is 0.918. The van der Waals surface area contributed by atoms with Gasteiger partial charge in [0.1, 0.15) is 0 Å². The highest BCUT2D eigenvalue weighted by molar-refractivity contribution is 5.79. The molecule has 4 heteroatoms. The van der Waals surface area contributed by atoms with Crippen LogP contribution in [0.1, 0.15) is 29.5 Å². The van der Waals surface area contributed by atoms with E-state index in [1.165, 1.54) is 16.7 Å². The van der Waals surface area contributed by atoms with Gasteiger partial charge in [-0.05, 0) is 38.7 Å². The van der Waals surface area contributed by atoms with E-state index in [0.717, 1.165) is 51.4 Å². The number of aryl methyl sites for hydroxylation is 2. The molecule has 1 aromatic rings. The van der Waals surface area contributed by atoms with Crippen LogP contribution in [-0.4, -0.2) is 50.1 Å². The van der Waals surface area contributed by atoms with E-state index in [-0.39, 0.29) is 0 Å². The Kier molecular flexibility index (Phi) is 7.32. The van der Waals surface area contributed by atoms with Crippen LogP contribution in [0, 0.1) is 13.8 Å². The molecule has 2 rings (SSSR count). The molecule has 4 nitrogen and oxygen atoms in total. The zero-order chi connectivity index (χ0) is 17.4. The normalized spacial score (nSPS) is 16.9. The highest BCUT2D eigenvalue weighted by atomic mass is 15.2. The first-order valence-corrected chi connectivity index (χ1v) is 8.98. The largest absolute Gasteiger partial charge is 0.356 e. The molecule has 0 atom stereocenters. The minimum atomic E-state index is 0.512. The number of hydrogen-bond donors (Lipinski definition) is 2. The molecule has 1 aliphatic heterocycles. The van der Waals surface area contributed by atoms with Crippen molar-refractivity contribution in [2.75, 3.05) is 33.2 Å². The van der Waals surface area contributed by atoms with Gasteiger partial charge in [0.05, 0.1) is 0 Å². The Morgan fingerprint density at radius 1 is 1.25 bits per heavy atom. The van der Waals surface area contributed by atoms with Crippen molar-refractivity contribution in [3.05, 3.63) is 47.5 Å². The molecule has 0 aliphatic carbocycles. The van der Waals surface area contributed by atoms with Crippen molar-refractivity contribution < 1.29 is 0 Å². The second-order valence-corrected chi connectivity index (χ2v) is 6.75. The Bertz CT molecular complexity index is 537. The third-order valence-electron chi connectivity index (χ3n) is 4.53. The predicted molar refractivity (Wildman–Crippen MR) is 104 cm³/mol. The number of nitrogens with one attached hydrogen (secondary N) is 2. The fourth-order valence-corrected chi connectivity index (χ4v) is 3.37. The topological polar surface area (TPSA) is 39.7 Å². The van der Waals surface area contributed by atoms with Gasteiger partial charge in [-0.2, -0.15) is 0 Å². The molecule has 24 heavy (non-hydrogen) atoms. The molecule has 132 valence electrons. The summed E-state index contributed by atoms with van der Waals surface area (Å²) in [5.41, 5.74) is 4.05. The summed E-state index contributed by atoms with van der Waals surface area (Å²) in [5, 5.41) is 7.01. The molecule has 1 aromatic carbocycles. The van der Waals surface area contributed by atoms with Crippen LogP contribution in [-0.2, 0) is 6.42 Å². The summed E-state index contributed by atoms with van der Waals surface area (Å²) in [6, 6.07) is 7.26. The molecular weight excluding hydrogens is 296 g/mol. The molecule has 0 unspecified atom stereocenters. The lowest BCUT2D eigenvalue weighted by molar-refractivity contribution is 0.225. The average Bonchev–Trinajstić information content (AvgIpc) is 2.55. The number of nitrogens with zero attached hydrogens (tertiary/aromatic N) is 2. The fourth-order valence-electron chi connectivity index (χ4n) is 3.37. The van der Waals surface area contributed by atoms with Gasteiger partial charge >= 0.3 is 0 Å². The number of hydrogen-bond acceptors (Lipinski definition) is 2. The standard InChI is InChI=1S/C20H32N4/c1-5-10-24-11-7-19(8-12-24)23-20(21-4)22-9-6-18-14-16(2)13-17(3)15-18/h5,13-15,19H,1,6-12H2,2-4H3,(H2,21,22,23). The lowest BCUT2D eigenvalue weighted by Gasteiger charge is -2.32. The molecule has 0 spiro atoms. The van der Waals surface area contributed by atoms with E-state index >= 15 is 0 Å². The van der Waals surface area contributed by atoms with Crippen LogP contribution in [0.25, 0.3) is 0 Å². The molecule has 0 amide bonds. The molecular formula is C20H32N4. The van der Waals surface area contributed by atoms with Crippen LogP contribution < -0.4 is 10.6 Å².